The Morgan fingerprint density at radius 1 is 0.306 bits per heavy atom. The average molecular weight is 829 g/mol. The maximum atomic E-state index is 6.68. The maximum Gasteiger partial charge on any atom is 0.249 e. The highest BCUT2D eigenvalue weighted by atomic mass is 32.2. The monoisotopic (exact) mass is 828 g/mol. The predicted molar refractivity (Wildman–Crippen MR) is 259 cm³/mol. The zero-order valence-electron chi connectivity index (χ0n) is 33.3. The standard InChI is InChI=1S/C54H34B2N2O2S2/c1-5-17-35(18-6-1)57-45-34-46-44(33-43(45)55-41-25-13-15-27-49(41)61-51-31-39(29-47(57)53(51)55)59-37-21-9-3-10-22-37)56-42-26-14-16-28-50(42)62-52-32-40(60-38-23-11-4-12-24-38)30-48(54(52)56)58(46)36-19-7-2-8-20-36/h1-34H. The first-order valence-electron chi connectivity index (χ1n) is 21.0. The summed E-state index contributed by atoms with van der Waals surface area (Å²) >= 11 is 3.69. The van der Waals surface area contributed by atoms with Gasteiger partial charge >= 0.3 is 0 Å². The van der Waals surface area contributed by atoms with Gasteiger partial charge in [0.1, 0.15) is 23.0 Å². The fourth-order valence-electron chi connectivity index (χ4n) is 9.91. The van der Waals surface area contributed by atoms with Gasteiger partial charge in [-0.3, -0.25) is 0 Å². The fourth-order valence-corrected chi connectivity index (χ4v) is 12.3. The normalized spacial score (nSPS) is 13.5. The Kier molecular flexibility index (Phi) is 8.24. The molecule has 13 rings (SSSR count). The van der Waals surface area contributed by atoms with Crippen molar-refractivity contribution in [2.24, 2.45) is 0 Å². The van der Waals surface area contributed by atoms with Crippen LogP contribution in [-0.2, 0) is 0 Å². The Balaban J connectivity index is 1.11. The van der Waals surface area contributed by atoms with Gasteiger partial charge in [0.05, 0.1) is 0 Å². The summed E-state index contributed by atoms with van der Waals surface area (Å²) in [5, 5.41) is 0. The average Bonchev–Trinajstić information content (AvgIpc) is 3.32. The molecule has 62 heavy (non-hydrogen) atoms. The van der Waals surface area contributed by atoms with Crippen molar-refractivity contribution in [2.45, 2.75) is 19.6 Å². The van der Waals surface area contributed by atoms with Crippen molar-refractivity contribution in [1.82, 2.24) is 0 Å². The summed E-state index contributed by atoms with van der Waals surface area (Å²) in [5.74, 6) is 3.25. The van der Waals surface area contributed by atoms with Gasteiger partial charge in [-0.1, -0.05) is 150 Å². The molecule has 0 bridgehead atoms. The van der Waals surface area contributed by atoms with Crippen molar-refractivity contribution in [3.05, 3.63) is 206 Å². The lowest BCUT2D eigenvalue weighted by Crippen LogP contribution is -2.64. The first-order valence-corrected chi connectivity index (χ1v) is 22.6. The summed E-state index contributed by atoms with van der Waals surface area (Å²) in [7, 11) is 0. The number of rotatable bonds is 6. The van der Waals surface area contributed by atoms with Gasteiger partial charge in [-0.05, 0) is 101 Å². The summed E-state index contributed by atoms with van der Waals surface area (Å²) in [4.78, 5) is 9.92. The third-order valence-corrected chi connectivity index (χ3v) is 14.7. The van der Waals surface area contributed by atoms with Crippen LogP contribution < -0.4 is 52.1 Å². The lowest BCUT2D eigenvalue weighted by atomic mass is 9.31. The van der Waals surface area contributed by atoms with Crippen LogP contribution in [0.5, 0.6) is 23.0 Å². The number of fused-ring (bicyclic) bond motifs is 8. The molecular weight excluding hydrogens is 794 g/mol. The second kappa shape index (κ2) is 14.3. The van der Waals surface area contributed by atoms with Crippen LogP contribution in [0.4, 0.5) is 34.1 Å². The van der Waals surface area contributed by atoms with Gasteiger partial charge in [0.2, 0.25) is 13.4 Å². The topological polar surface area (TPSA) is 24.9 Å². The van der Waals surface area contributed by atoms with E-state index >= 15 is 0 Å². The lowest BCUT2D eigenvalue weighted by Gasteiger charge is -2.44. The number of ether oxygens (including phenoxy) is 2. The summed E-state index contributed by atoms with van der Waals surface area (Å²) in [6.07, 6.45) is 0. The van der Waals surface area contributed by atoms with E-state index in [0.29, 0.717) is 0 Å². The van der Waals surface area contributed by atoms with Gasteiger partial charge in [-0.15, -0.1) is 0 Å². The van der Waals surface area contributed by atoms with E-state index < -0.39 is 0 Å². The van der Waals surface area contributed by atoms with Crippen LogP contribution in [0.2, 0.25) is 0 Å². The Hall–Kier alpha value is -6.99. The van der Waals surface area contributed by atoms with E-state index in [1.54, 1.807) is 0 Å². The Bertz CT molecular complexity index is 3010. The molecule has 9 aromatic rings. The minimum Gasteiger partial charge on any atom is -0.457 e. The van der Waals surface area contributed by atoms with Gasteiger partial charge in [-0.25, -0.2) is 0 Å². The van der Waals surface area contributed by atoms with E-state index in [2.05, 4.69) is 155 Å². The number of para-hydroxylation sites is 4. The van der Waals surface area contributed by atoms with Crippen LogP contribution in [0.25, 0.3) is 0 Å². The molecule has 0 spiro atoms. The third-order valence-electron chi connectivity index (χ3n) is 12.4. The second-order valence-corrected chi connectivity index (χ2v) is 18.2. The molecule has 4 heterocycles. The largest absolute Gasteiger partial charge is 0.457 e. The molecule has 0 saturated carbocycles. The number of hydrogen-bond acceptors (Lipinski definition) is 6. The second-order valence-electron chi connectivity index (χ2n) is 16.0. The van der Waals surface area contributed by atoms with Crippen LogP contribution in [0.3, 0.4) is 0 Å². The van der Waals surface area contributed by atoms with Crippen LogP contribution >= 0.6 is 23.5 Å². The van der Waals surface area contributed by atoms with Gasteiger partial charge in [-0.2, -0.15) is 0 Å². The highest BCUT2D eigenvalue weighted by molar-refractivity contribution is 8.00. The Labute approximate surface area is 370 Å². The molecule has 0 aliphatic carbocycles. The van der Waals surface area contributed by atoms with Crippen LogP contribution in [0, 0.1) is 0 Å². The molecule has 0 atom stereocenters. The van der Waals surface area contributed by atoms with Crippen molar-refractivity contribution in [3.8, 4) is 23.0 Å². The molecular formula is C54H34B2N2O2S2. The molecule has 4 aliphatic heterocycles. The van der Waals surface area contributed by atoms with Gasteiger partial charge < -0.3 is 19.3 Å². The van der Waals surface area contributed by atoms with Gasteiger partial charge in [0, 0.05) is 65.8 Å². The van der Waals surface area contributed by atoms with E-state index in [1.165, 1.54) is 52.4 Å². The Morgan fingerprint density at radius 3 is 1.13 bits per heavy atom. The first-order chi connectivity index (χ1) is 30.7. The number of benzene rings is 9. The van der Waals surface area contributed by atoms with E-state index in [-0.39, 0.29) is 13.4 Å². The molecule has 9 aromatic carbocycles. The van der Waals surface area contributed by atoms with Gasteiger partial charge in [0.25, 0.3) is 0 Å². The third kappa shape index (κ3) is 5.67. The SMILES string of the molecule is c1ccc(Oc2cc3c4c(c2)N(c2ccccc2)c2cc5c(cc2B4c2ccccc2S3)B2c3ccccc3Sc3cc(Oc4ccccc4)cc(c32)N5c2ccccc2)cc1. The van der Waals surface area contributed by atoms with Crippen molar-refractivity contribution >= 4 is 104 Å². The molecule has 0 radical (unpaired) electrons. The quantitative estimate of drug-likeness (QED) is 0.155. The van der Waals surface area contributed by atoms with Gasteiger partial charge in [0.15, 0.2) is 0 Å². The van der Waals surface area contributed by atoms with Crippen LogP contribution in [0.1, 0.15) is 0 Å². The smallest absolute Gasteiger partial charge is 0.249 e. The minimum absolute atomic E-state index is 0.00406. The van der Waals surface area contributed by atoms with Crippen LogP contribution in [0.15, 0.2) is 226 Å². The van der Waals surface area contributed by atoms with Crippen molar-refractivity contribution in [3.63, 3.8) is 0 Å². The molecule has 4 nitrogen and oxygen atoms in total. The van der Waals surface area contributed by atoms with E-state index in [9.17, 15) is 0 Å². The molecule has 0 fully saturated rings. The van der Waals surface area contributed by atoms with Crippen molar-refractivity contribution in [2.75, 3.05) is 9.80 Å². The molecule has 4 aliphatic rings. The molecule has 8 heteroatoms. The minimum atomic E-state index is 0.00406. The summed E-state index contributed by atoms with van der Waals surface area (Å²) < 4.78 is 13.4. The highest BCUT2D eigenvalue weighted by Crippen LogP contribution is 2.48. The number of anilines is 6. The predicted octanol–water partition coefficient (Wildman–Crippen LogP) is 10.8. The molecule has 0 unspecified atom stereocenters. The summed E-state index contributed by atoms with van der Waals surface area (Å²) in [6.45, 7) is 0.00813. The van der Waals surface area contributed by atoms with E-state index in [1.807, 2.05) is 84.2 Å². The lowest BCUT2D eigenvalue weighted by molar-refractivity contribution is 0.481. The first kappa shape index (κ1) is 35.7. The van der Waals surface area contributed by atoms with E-state index in [0.717, 1.165) is 57.1 Å². The molecule has 0 N–H and O–H groups in total. The molecule has 290 valence electrons. The number of hydrogen-bond donors (Lipinski definition) is 0. The zero-order chi connectivity index (χ0) is 40.7. The van der Waals surface area contributed by atoms with Crippen molar-refractivity contribution < 1.29 is 9.47 Å². The maximum absolute atomic E-state index is 6.68. The summed E-state index contributed by atoms with van der Waals surface area (Å²) in [5.41, 5.74) is 14.6. The molecule has 0 saturated heterocycles. The highest BCUT2D eigenvalue weighted by Gasteiger charge is 2.46. The molecule has 0 amide bonds. The van der Waals surface area contributed by atoms with Crippen molar-refractivity contribution in [1.29, 1.82) is 0 Å². The number of nitrogens with zero attached hydrogens (tertiary/aromatic N) is 2. The van der Waals surface area contributed by atoms with E-state index in [4.69, 9.17) is 9.47 Å². The summed E-state index contributed by atoms with van der Waals surface area (Å²) in [6, 6.07) is 73.8. The zero-order valence-corrected chi connectivity index (χ0v) is 34.9. The Morgan fingerprint density at radius 2 is 0.694 bits per heavy atom. The molecule has 0 aromatic heterocycles. The fraction of sp³-hybridized carbons (Fsp3) is 0. The van der Waals surface area contributed by atoms with Crippen LogP contribution in [-0.4, -0.2) is 13.4 Å².